The van der Waals surface area contributed by atoms with Gasteiger partial charge in [0.1, 0.15) is 5.69 Å². The third-order valence-corrected chi connectivity index (χ3v) is 5.89. The van der Waals surface area contributed by atoms with Crippen molar-refractivity contribution >= 4 is 23.3 Å². The summed E-state index contributed by atoms with van der Waals surface area (Å²) in [4.78, 5) is 15.7. The number of hydrogen-bond acceptors (Lipinski definition) is 3. The van der Waals surface area contributed by atoms with Crippen molar-refractivity contribution in [3.05, 3.63) is 65.7 Å². The molecule has 4 rings (SSSR count). The van der Waals surface area contributed by atoms with Gasteiger partial charge in [0.25, 0.3) is 0 Å². The number of nitrogens with zero attached hydrogens (tertiary/aromatic N) is 3. The third kappa shape index (κ3) is 3.88. The van der Waals surface area contributed by atoms with E-state index in [0.717, 1.165) is 41.2 Å². The lowest BCUT2D eigenvalue weighted by atomic mass is 10.0. The van der Waals surface area contributed by atoms with Gasteiger partial charge in [-0.1, -0.05) is 24.3 Å². The number of carbonyl (C=O) groups excluding carboxylic acids is 1. The largest absolute Gasteiger partial charge is 0.336 e. The Labute approximate surface area is 163 Å². The standard InChI is InChI=1S/C22H23N3OS/c1-17-8-5-6-14-24(17)21(26)13-12-18-16-25(19-9-3-2-4-10-19)23-22(18)20-11-7-15-27-20/h2-4,7,9-13,15-17H,5-6,8,14H2,1H3. The van der Waals surface area contributed by atoms with Gasteiger partial charge in [-0.2, -0.15) is 5.10 Å². The highest BCUT2D eigenvalue weighted by molar-refractivity contribution is 7.13. The summed E-state index contributed by atoms with van der Waals surface area (Å²) >= 11 is 1.66. The van der Waals surface area contributed by atoms with E-state index < -0.39 is 0 Å². The second-order valence-electron chi connectivity index (χ2n) is 6.90. The number of aromatic nitrogens is 2. The molecule has 0 spiro atoms. The van der Waals surface area contributed by atoms with Gasteiger partial charge in [0.2, 0.25) is 5.91 Å². The first-order valence-electron chi connectivity index (χ1n) is 9.40. The molecule has 2 aromatic heterocycles. The van der Waals surface area contributed by atoms with Gasteiger partial charge in [0.05, 0.1) is 10.6 Å². The second kappa shape index (κ2) is 7.92. The van der Waals surface area contributed by atoms with Crippen LogP contribution in [0.2, 0.25) is 0 Å². The quantitative estimate of drug-likeness (QED) is 0.599. The molecule has 4 nitrogen and oxygen atoms in total. The molecule has 5 heteroatoms. The van der Waals surface area contributed by atoms with E-state index in [-0.39, 0.29) is 5.91 Å². The van der Waals surface area contributed by atoms with E-state index in [0.29, 0.717) is 6.04 Å². The maximum atomic E-state index is 12.7. The molecule has 1 aromatic carbocycles. The number of para-hydroxylation sites is 1. The molecular weight excluding hydrogens is 354 g/mol. The van der Waals surface area contributed by atoms with E-state index in [1.807, 2.05) is 63.6 Å². The zero-order chi connectivity index (χ0) is 18.6. The molecule has 1 saturated heterocycles. The van der Waals surface area contributed by atoms with Crippen molar-refractivity contribution in [1.29, 1.82) is 0 Å². The Morgan fingerprint density at radius 1 is 1.19 bits per heavy atom. The summed E-state index contributed by atoms with van der Waals surface area (Å²) in [5.41, 5.74) is 2.87. The van der Waals surface area contributed by atoms with Gasteiger partial charge in [0.15, 0.2) is 0 Å². The molecule has 0 bridgehead atoms. The van der Waals surface area contributed by atoms with Gasteiger partial charge < -0.3 is 4.90 Å². The van der Waals surface area contributed by atoms with Gasteiger partial charge in [-0.3, -0.25) is 4.79 Å². The molecule has 1 unspecified atom stereocenters. The summed E-state index contributed by atoms with van der Waals surface area (Å²) in [6, 6.07) is 14.5. The number of carbonyl (C=O) groups is 1. The van der Waals surface area contributed by atoms with Crippen LogP contribution in [0.3, 0.4) is 0 Å². The van der Waals surface area contributed by atoms with E-state index in [2.05, 4.69) is 13.0 Å². The molecule has 1 amide bonds. The van der Waals surface area contributed by atoms with Crippen LogP contribution >= 0.6 is 11.3 Å². The molecule has 1 atom stereocenters. The third-order valence-electron chi connectivity index (χ3n) is 5.01. The van der Waals surface area contributed by atoms with Gasteiger partial charge in [-0.05, 0) is 55.8 Å². The topological polar surface area (TPSA) is 38.1 Å². The molecule has 138 valence electrons. The van der Waals surface area contributed by atoms with Crippen LogP contribution < -0.4 is 0 Å². The number of piperidine rings is 1. The Morgan fingerprint density at radius 3 is 2.78 bits per heavy atom. The molecule has 1 aliphatic rings. The van der Waals surface area contributed by atoms with Crippen LogP contribution in [0.4, 0.5) is 0 Å². The summed E-state index contributed by atoms with van der Waals surface area (Å²) in [7, 11) is 0. The number of benzene rings is 1. The summed E-state index contributed by atoms with van der Waals surface area (Å²) in [6.45, 7) is 2.99. The second-order valence-corrected chi connectivity index (χ2v) is 7.85. The van der Waals surface area contributed by atoms with Gasteiger partial charge in [-0.15, -0.1) is 11.3 Å². The number of rotatable bonds is 4. The number of hydrogen-bond donors (Lipinski definition) is 0. The summed E-state index contributed by atoms with van der Waals surface area (Å²) in [5.74, 6) is 0.0896. The highest BCUT2D eigenvalue weighted by atomic mass is 32.1. The molecule has 3 aromatic rings. The lowest BCUT2D eigenvalue weighted by Gasteiger charge is -2.32. The van der Waals surface area contributed by atoms with Crippen LogP contribution in [0.1, 0.15) is 31.7 Å². The zero-order valence-electron chi connectivity index (χ0n) is 15.4. The van der Waals surface area contributed by atoms with Crippen molar-refractivity contribution in [2.24, 2.45) is 0 Å². The monoisotopic (exact) mass is 377 g/mol. The van der Waals surface area contributed by atoms with E-state index >= 15 is 0 Å². The van der Waals surface area contributed by atoms with Crippen LogP contribution in [-0.4, -0.2) is 33.2 Å². The van der Waals surface area contributed by atoms with Gasteiger partial charge in [0, 0.05) is 30.4 Å². The summed E-state index contributed by atoms with van der Waals surface area (Å²) < 4.78 is 1.88. The fourth-order valence-corrected chi connectivity index (χ4v) is 4.24. The first kappa shape index (κ1) is 17.7. The van der Waals surface area contributed by atoms with Crippen molar-refractivity contribution in [3.8, 4) is 16.3 Å². The molecule has 1 aliphatic heterocycles. The van der Waals surface area contributed by atoms with Gasteiger partial charge >= 0.3 is 0 Å². The van der Waals surface area contributed by atoms with Crippen LogP contribution in [0.25, 0.3) is 22.3 Å². The van der Waals surface area contributed by atoms with Crippen molar-refractivity contribution in [2.75, 3.05) is 6.54 Å². The minimum absolute atomic E-state index is 0.0896. The van der Waals surface area contributed by atoms with Crippen LogP contribution in [0.5, 0.6) is 0 Å². The highest BCUT2D eigenvalue weighted by Gasteiger charge is 2.21. The molecule has 1 fully saturated rings. The van der Waals surface area contributed by atoms with Crippen molar-refractivity contribution in [2.45, 2.75) is 32.2 Å². The first-order valence-corrected chi connectivity index (χ1v) is 10.3. The molecule has 27 heavy (non-hydrogen) atoms. The zero-order valence-corrected chi connectivity index (χ0v) is 16.2. The Hall–Kier alpha value is -2.66. The van der Waals surface area contributed by atoms with Crippen LogP contribution in [0, 0.1) is 0 Å². The molecule has 0 radical (unpaired) electrons. The maximum Gasteiger partial charge on any atom is 0.246 e. The normalized spacial score (nSPS) is 17.5. The molecular formula is C22H23N3OS. The summed E-state index contributed by atoms with van der Waals surface area (Å²) in [5, 5.41) is 6.83. The SMILES string of the molecule is CC1CCCCN1C(=O)C=Cc1cn(-c2ccccc2)nc1-c1cccs1. The Balaban J connectivity index is 1.65. The Morgan fingerprint density at radius 2 is 2.04 bits per heavy atom. The fraction of sp³-hybridized carbons (Fsp3) is 0.273. The van der Waals surface area contributed by atoms with Crippen LogP contribution in [0.15, 0.2) is 60.1 Å². The average molecular weight is 378 g/mol. The Kier molecular flexibility index (Phi) is 5.21. The molecule has 0 aliphatic carbocycles. The van der Waals surface area contributed by atoms with Gasteiger partial charge in [-0.25, -0.2) is 4.68 Å². The molecule has 3 heterocycles. The maximum absolute atomic E-state index is 12.7. The highest BCUT2D eigenvalue weighted by Crippen LogP contribution is 2.28. The summed E-state index contributed by atoms with van der Waals surface area (Å²) in [6.07, 6.45) is 8.99. The van der Waals surface area contributed by atoms with E-state index in [9.17, 15) is 4.79 Å². The minimum atomic E-state index is 0.0896. The number of amides is 1. The lowest BCUT2D eigenvalue weighted by Crippen LogP contribution is -2.41. The fourth-order valence-electron chi connectivity index (χ4n) is 3.51. The molecule has 0 saturated carbocycles. The average Bonchev–Trinajstić information content (AvgIpc) is 3.37. The lowest BCUT2D eigenvalue weighted by molar-refractivity contribution is -0.129. The predicted molar refractivity (Wildman–Crippen MR) is 111 cm³/mol. The van der Waals surface area contributed by atoms with E-state index in [4.69, 9.17) is 5.10 Å². The van der Waals surface area contributed by atoms with E-state index in [1.165, 1.54) is 6.42 Å². The number of likely N-dealkylation sites (tertiary alicyclic amines) is 1. The number of thiophene rings is 1. The van der Waals surface area contributed by atoms with Crippen molar-refractivity contribution in [1.82, 2.24) is 14.7 Å². The van der Waals surface area contributed by atoms with Crippen molar-refractivity contribution < 1.29 is 4.79 Å². The van der Waals surface area contributed by atoms with Crippen LogP contribution in [-0.2, 0) is 4.79 Å². The van der Waals surface area contributed by atoms with E-state index in [1.54, 1.807) is 17.4 Å². The predicted octanol–water partition coefficient (Wildman–Crippen LogP) is 5.02. The minimum Gasteiger partial charge on any atom is -0.336 e. The Bertz CT molecular complexity index is 928. The molecule has 0 N–H and O–H groups in total. The first-order chi connectivity index (χ1) is 13.2. The van der Waals surface area contributed by atoms with Crippen molar-refractivity contribution in [3.63, 3.8) is 0 Å². The smallest absolute Gasteiger partial charge is 0.246 e.